The smallest absolute Gasteiger partial charge is 0.310 e. The molecule has 1 aromatic carbocycles. The molecule has 3 aliphatic heterocycles. The molecule has 3 amide bonds. The van der Waals surface area contributed by atoms with Gasteiger partial charge in [0.1, 0.15) is 11.4 Å². The monoisotopic (exact) mass is 345 g/mol. The van der Waals surface area contributed by atoms with Crippen molar-refractivity contribution in [3.8, 4) is 0 Å². The van der Waals surface area contributed by atoms with Crippen LogP contribution in [0.4, 0.5) is 9.18 Å². The topological polar surface area (TPSA) is 43.9 Å². The summed E-state index contributed by atoms with van der Waals surface area (Å²) in [6.45, 7) is 5.06. The first-order valence-corrected chi connectivity index (χ1v) is 9.11. The Hall–Kier alpha value is -1.95. The van der Waals surface area contributed by atoms with Gasteiger partial charge in [0.15, 0.2) is 0 Å². The van der Waals surface area contributed by atoms with Gasteiger partial charge in [-0.3, -0.25) is 14.6 Å². The van der Waals surface area contributed by atoms with E-state index in [1.54, 1.807) is 4.90 Å². The molecule has 4 rings (SSSR count). The first-order valence-electron chi connectivity index (χ1n) is 9.11. The minimum Gasteiger partial charge on any atom is -0.310 e. The molecule has 25 heavy (non-hydrogen) atoms. The zero-order chi connectivity index (χ0) is 17.6. The van der Waals surface area contributed by atoms with Crippen molar-refractivity contribution in [1.29, 1.82) is 0 Å². The van der Waals surface area contributed by atoms with Crippen LogP contribution in [-0.2, 0) is 11.3 Å². The first-order chi connectivity index (χ1) is 12.0. The quantitative estimate of drug-likeness (QED) is 0.791. The third-order valence-corrected chi connectivity index (χ3v) is 6.00. The van der Waals surface area contributed by atoms with Crippen molar-refractivity contribution in [1.82, 2.24) is 14.7 Å². The number of hydrogen-bond donors (Lipinski definition) is 0. The van der Waals surface area contributed by atoms with Crippen LogP contribution in [0.1, 0.15) is 38.2 Å². The fourth-order valence-corrected chi connectivity index (χ4v) is 4.47. The van der Waals surface area contributed by atoms with Crippen LogP contribution in [0.5, 0.6) is 0 Å². The van der Waals surface area contributed by atoms with E-state index in [-0.39, 0.29) is 23.8 Å². The minimum absolute atomic E-state index is 0.00638. The number of carbonyl (C=O) groups is 2. The lowest BCUT2D eigenvalue weighted by atomic mass is 9.97. The van der Waals surface area contributed by atoms with Gasteiger partial charge in [0.05, 0.1) is 0 Å². The molecule has 0 aromatic heterocycles. The number of urea groups is 1. The summed E-state index contributed by atoms with van der Waals surface area (Å²) in [6.07, 6.45) is 3.31. The van der Waals surface area contributed by atoms with E-state index in [2.05, 4.69) is 4.90 Å². The number of halogens is 1. The predicted octanol–water partition coefficient (Wildman–Crippen LogP) is 2.61. The molecular formula is C19H24FN3O2. The molecule has 0 bridgehead atoms. The summed E-state index contributed by atoms with van der Waals surface area (Å²) in [7, 11) is 0. The molecule has 0 N–H and O–H groups in total. The second kappa shape index (κ2) is 6.09. The average Bonchev–Trinajstić information content (AvgIpc) is 3.08. The third-order valence-electron chi connectivity index (χ3n) is 6.00. The molecule has 1 atom stereocenters. The van der Waals surface area contributed by atoms with E-state index in [9.17, 15) is 14.0 Å². The highest BCUT2D eigenvalue weighted by molar-refractivity contribution is 6.07. The molecule has 3 fully saturated rings. The Morgan fingerprint density at radius 2 is 1.80 bits per heavy atom. The normalized spacial score (nSPS) is 28.1. The molecule has 0 unspecified atom stereocenters. The number of piperidine rings is 1. The second-order valence-electron chi connectivity index (χ2n) is 7.62. The Morgan fingerprint density at radius 3 is 2.44 bits per heavy atom. The molecule has 3 aliphatic rings. The standard InChI is InChI=1S/C19H24FN3O2/c1-19-9-2-10-22(19)18(25)23(17(19)24)16-7-11-21(12-8-16)13-14-3-5-15(20)6-4-14/h3-6,16H,2,7-13H2,1H3/t19-/m1/s1. The molecule has 0 saturated carbocycles. The van der Waals surface area contributed by atoms with Crippen LogP contribution >= 0.6 is 0 Å². The van der Waals surface area contributed by atoms with Gasteiger partial charge >= 0.3 is 6.03 Å². The van der Waals surface area contributed by atoms with Crippen LogP contribution < -0.4 is 0 Å². The number of likely N-dealkylation sites (tertiary alicyclic amines) is 1. The molecule has 0 aliphatic carbocycles. The summed E-state index contributed by atoms with van der Waals surface area (Å²) in [4.78, 5) is 31.1. The SMILES string of the molecule is C[C@]12CCCN1C(=O)N(C1CCN(Cc3ccc(F)cc3)CC1)C2=O. The van der Waals surface area contributed by atoms with Gasteiger partial charge in [-0.25, -0.2) is 9.18 Å². The Bertz CT molecular complexity index is 684. The Balaban J connectivity index is 1.38. The largest absolute Gasteiger partial charge is 0.327 e. The highest BCUT2D eigenvalue weighted by atomic mass is 19.1. The van der Waals surface area contributed by atoms with E-state index >= 15 is 0 Å². The zero-order valence-electron chi connectivity index (χ0n) is 14.6. The fourth-order valence-electron chi connectivity index (χ4n) is 4.47. The molecule has 3 saturated heterocycles. The number of fused-ring (bicyclic) bond motifs is 1. The van der Waals surface area contributed by atoms with Gasteiger partial charge in [0, 0.05) is 32.2 Å². The lowest BCUT2D eigenvalue weighted by molar-refractivity contribution is -0.134. The van der Waals surface area contributed by atoms with Crippen LogP contribution in [-0.4, -0.2) is 57.9 Å². The maximum atomic E-state index is 13.0. The van der Waals surface area contributed by atoms with Gasteiger partial charge in [0.25, 0.3) is 5.91 Å². The summed E-state index contributed by atoms with van der Waals surface area (Å²) in [5, 5.41) is 0. The van der Waals surface area contributed by atoms with E-state index in [0.717, 1.165) is 50.9 Å². The first kappa shape index (κ1) is 16.5. The molecule has 6 heteroatoms. The fraction of sp³-hybridized carbons (Fsp3) is 0.579. The third kappa shape index (κ3) is 2.72. The molecular weight excluding hydrogens is 321 g/mol. The predicted molar refractivity (Wildman–Crippen MR) is 91.3 cm³/mol. The van der Waals surface area contributed by atoms with Gasteiger partial charge in [-0.05, 0) is 50.3 Å². The van der Waals surface area contributed by atoms with E-state index in [1.165, 1.54) is 17.0 Å². The van der Waals surface area contributed by atoms with Gasteiger partial charge in [-0.2, -0.15) is 0 Å². The van der Waals surface area contributed by atoms with Crippen molar-refractivity contribution in [2.24, 2.45) is 0 Å². The number of amides is 3. The molecule has 0 spiro atoms. The maximum absolute atomic E-state index is 13.0. The van der Waals surface area contributed by atoms with Crippen molar-refractivity contribution >= 4 is 11.9 Å². The summed E-state index contributed by atoms with van der Waals surface area (Å²) < 4.78 is 13.0. The summed E-state index contributed by atoms with van der Waals surface area (Å²) in [6, 6.07) is 6.50. The van der Waals surface area contributed by atoms with Gasteiger partial charge in [-0.1, -0.05) is 12.1 Å². The molecule has 134 valence electrons. The number of rotatable bonds is 3. The van der Waals surface area contributed by atoms with Crippen molar-refractivity contribution in [2.45, 2.75) is 50.7 Å². The molecule has 1 aromatic rings. The second-order valence-corrected chi connectivity index (χ2v) is 7.62. The summed E-state index contributed by atoms with van der Waals surface area (Å²) >= 11 is 0. The molecule has 0 radical (unpaired) electrons. The maximum Gasteiger partial charge on any atom is 0.327 e. The average molecular weight is 345 g/mol. The summed E-state index contributed by atoms with van der Waals surface area (Å²) in [5.74, 6) is -0.227. The highest BCUT2D eigenvalue weighted by Crippen LogP contribution is 2.39. The van der Waals surface area contributed by atoms with Crippen molar-refractivity contribution < 1.29 is 14.0 Å². The minimum atomic E-state index is -0.609. The lowest BCUT2D eigenvalue weighted by Gasteiger charge is -2.35. The van der Waals surface area contributed by atoms with Crippen molar-refractivity contribution in [3.63, 3.8) is 0 Å². The number of carbonyl (C=O) groups excluding carboxylic acids is 2. The van der Waals surface area contributed by atoms with E-state index in [4.69, 9.17) is 0 Å². The molecule has 3 heterocycles. The number of benzene rings is 1. The Labute approximate surface area is 147 Å². The Kier molecular flexibility index (Phi) is 4.02. The van der Waals surface area contributed by atoms with Crippen LogP contribution in [0.3, 0.4) is 0 Å². The molecule has 5 nitrogen and oxygen atoms in total. The highest BCUT2D eigenvalue weighted by Gasteiger charge is 2.57. The summed E-state index contributed by atoms with van der Waals surface area (Å²) in [5.41, 5.74) is 0.476. The van der Waals surface area contributed by atoms with Crippen molar-refractivity contribution in [2.75, 3.05) is 19.6 Å². The van der Waals surface area contributed by atoms with Gasteiger partial charge < -0.3 is 4.90 Å². The van der Waals surface area contributed by atoms with Gasteiger partial charge in [-0.15, -0.1) is 0 Å². The Morgan fingerprint density at radius 1 is 1.12 bits per heavy atom. The van der Waals surface area contributed by atoms with Crippen molar-refractivity contribution in [3.05, 3.63) is 35.6 Å². The van der Waals surface area contributed by atoms with E-state index in [1.807, 2.05) is 19.1 Å². The zero-order valence-corrected chi connectivity index (χ0v) is 14.6. The van der Waals surface area contributed by atoms with E-state index in [0.29, 0.717) is 6.54 Å². The number of nitrogens with zero attached hydrogens (tertiary/aromatic N) is 3. The van der Waals surface area contributed by atoms with Crippen LogP contribution in [0.15, 0.2) is 24.3 Å². The van der Waals surface area contributed by atoms with Gasteiger partial charge in [0.2, 0.25) is 0 Å². The van der Waals surface area contributed by atoms with Crippen LogP contribution in [0.2, 0.25) is 0 Å². The number of imide groups is 1. The van der Waals surface area contributed by atoms with Crippen LogP contribution in [0, 0.1) is 5.82 Å². The lowest BCUT2D eigenvalue weighted by Crippen LogP contribution is -2.48. The number of hydrogen-bond acceptors (Lipinski definition) is 3. The van der Waals surface area contributed by atoms with Crippen LogP contribution in [0.25, 0.3) is 0 Å². The van der Waals surface area contributed by atoms with E-state index < -0.39 is 5.54 Å².